The molecule has 0 bridgehead atoms. The number of hydrogen-bond donors (Lipinski definition) is 2. The second kappa shape index (κ2) is 7.94. The summed E-state index contributed by atoms with van der Waals surface area (Å²) in [5.74, 6) is 1.36. The number of hydrogen-bond acceptors (Lipinski definition) is 6. The smallest absolute Gasteiger partial charge is 0.226 e. The summed E-state index contributed by atoms with van der Waals surface area (Å²) < 4.78 is 10.7. The Labute approximate surface area is 139 Å². The topological polar surface area (TPSA) is 86.5 Å². The number of carbonyl (C=O) groups is 1. The van der Waals surface area contributed by atoms with Gasteiger partial charge in [0.15, 0.2) is 5.13 Å². The highest BCUT2D eigenvalue weighted by molar-refractivity contribution is 7.16. The van der Waals surface area contributed by atoms with Crippen LogP contribution in [0.15, 0.2) is 18.2 Å². The molecule has 1 heterocycles. The standard InChI is InChI=1S/C16H21N3O3S/c1-10-15(12-9-11(21-2)6-7-13(12)22-3)19-16(23-10)18-14(20)5-4-8-17/h6-7,9H,4-5,8,17H2,1-3H3,(H,18,19,20). The number of anilines is 1. The minimum atomic E-state index is -0.0756. The Bertz CT molecular complexity index is 685. The van der Waals surface area contributed by atoms with Gasteiger partial charge in [-0.15, -0.1) is 11.3 Å². The average Bonchev–Trinajstić information content (AvgIpc) is 2.92. The van der Waals surface area contributed by atoms with Crippen LogP contribution in [0.3, 0.4) is 0 Å². The number of thiazole rings is 1. The molecule has 1 aromatic carbocycles. The summed E-state index contributed by atoms with van der Waals surface area (Å²) in [6.07, 6.45) is 1.06. The van der Waals surface area contributed by atoms with Crippen LogP contribution in [0.25, 0.3) is 11.3 Å². The van der Waals surface area contributed by atoms with E-state index >= 15 is 0 Å². The van der Waals surface area contributed by atoms with Gasteiger partial charge in [-0.1, -0.05) is 0 Å². The van der Waals surface area contributed by atoms with Crippen molar-refractivity contribution < 1.29 is 14.3 Å². The third-order valence-electron chi connectivity index (χ3n) is 3.31. The summed E-state index contributed by atoms with van der Waals surface area (Å²) >= 11 is 1.43. The molecule has 6 nitrogen and oxygen atoms in total. The van der Waals surface area contributed by atoms with Gasteiger partial charge in [0.2, 0.25) is 5.91 Å². The summed E-state index contributed by atoms with van der Waals surface area (Å²) in [6.45, 7) is 2.46. The van der Waals surface area contributed by atoms with Crippen LogP contribution in [0.1, 0.15) is 17.7 Å². The molecule has 2 rings (SSSR count). The molecule has 0 aliphatic heterocycles. The first-order chi connectivity index (χ1) is 11.1. The first-order valence-corrected chi connectivity index (χ1v) is 8.10. The van der Waals surface area contributed by atoms with Gasteiger partial charge in [0.1, 0.15) is 11.5 Å². The third kappa shape index (κ3) is 4.20. The van der Waals surface area contributed by atoms with E-state index in [0.29, 0.717) is 30.3 Å². The molecule has 0 saturated carbocycles. The lowest BCUT2D eigenvalue weighted by molar-refractivity contribution is -0.116. The number of benzene rings is 1. The van der Waals surface area contributed by atoms with Crippen LogP contribution in [0.2, 0.25) is 0 Å². The van der Waals surface area contributed by atoms with E-state index in [1.165, 1.54) is 11.3 Å². The Kier molecular flexibility index (Phi) is 5.95. The molecule has 0 spiro atoms. The van der Waals surface area contributed by atoms with E-state index < -0.39 is 0 Å². The number of amides is 1. The monoisotopic (exact) mass is 335 g/mol. The quantitative estimate of drug-likeness (QED) is 0.812. The van der Waals surface area contributed by atoms with Gasteiger partial charge in [-0.3, -0.25) is 4.79 Å². The highest BCUT2D eigenvalue weighted by atomic mass is 32.1. The molecule has 0 aliphatic carbocycles. The Morgan fingerprint density at radius 2 is 2.13 bits per heavy atom. The van der Waals surface area contributed by atoms with E-state index in [4.69, 9.17) is 15.2 Å². The first kappa shape index (κ1) is 17.2. The van der Waals surface area contributed by atoms with Crippen molar-refractivity contribution in [3.05, 3.63) is 23.1 Å². The number of nitrogens with two attached hydrogens (primary N) is 1. The van der Waals surface area contributed by atoms with Crippen molar-refractivity contribution in [1.82, 2.24) is 4.98 Å². The Hall–Kier alpha value is -2.12. The van der Waals surface area contributed by atoms with E-state index in [1.54, 1.807) is 14.2 Å². The van der Waals surface area contributed by atoms with Crippen LogP contribution in [0.4, 0.5) is 5.13 Å². The number of nitrogens with zero attached hydrogens (tertiary/aromatic N) is 1. The van der Waals surface area contributed by atoms with Crippen LogP contribution in [-0.2, 0) is 4.79 Å². The summed E-state index contributed by atoms with van der Waals surface area (Å²) in [6, 6.07) is 5.55. The van der Waals surface area contributed by atoms with Crippen LogP contribution >= 0.6 is 11.3 Å². The maximum atomic E-state index is 11.8. The molecular weight excluding hydrogens is 314 g/mol. The van der Waals surface area contributed by atoms with Crippen molar-refractivity contribution in [3.63, 3.8) is 0 Å². The zero-order valence-corrected chi connectivity index (χ0v) is 14.3. The number of ether oxygens (including phenoxy) is 2. The molecule has 0 saturated heterocycles. The van der Waals surface area contributed by atoms with Crippen molar-refractivity contribution in [2.24, 2.45) is 5.73 Å². The van der Waals surface area contributed by atoms with Crippen molar-refractivity contribution in [2.45, 2.75) is 19.8 Å². The number of carbonyl (C=O) groups excluding carboxylic acids is 1. The molecule has 1 aromatic heterocycles. The molecule has 23 heavy (non-hydrogen) atoms. The van der Waals surface area contributed by atoms with E-state index in [1.807, 2.05) is 25.1 Å². The van der Waals surface area contributed by atoms with Crippen LogP contribution in [0.5, 0.6) is 11.5 Å². The number of aryl methyl sites for hydroxylation is 1. The van der Waals surface area contributed by atoms with Gasteiger partial charge >= 0.3 is 0 Å². The Balaban J connectivity index is 2.29. The summed E-state index contributed by atoms with van der Waals surface area (Å²) in [5.41, 5.74) is 7.03. The Morgan fingerprint density at radius 1 is 1.35 bits per heavy atom. The molecule has 0 unspecified atom stereocenters. The van der Waals surface area contributed by atoms with Crippen LogP contribution in [-0.4, -0.2) is 31.7 Å². The summed E-state index contributed by atoms with van der Waals surface area (Å²) in [7, 11) is 3.23. The van der Waals surface area contributed by atoms with Crippen molar-refractivity contribution >= 4 is 22.4 Å². The third-order valence-corrected chi connectivity index (χ3v) is 4.20. The summed E-state index contributed by atoms with van der Waals surface area (Å²) in [5, 5.41) is 3.39. The molecule has 7 heteroatoms. The first-order valence-electron chi connectivity index (χ1n) is 7.28. The van der Waals surface area contributed by atoms with Gasteiger partial charge in [-0.25, -0.2) is 4.98 Å². The average molecular weight is 335 g/mol. The number of methoxy groups -OCH3 is 2. The van der Waals surface area contributed by atoms with E-state index in [-0.39, 0.29) is 5.91 Å². The number of aromatic nitrogens is 1. The lowest BCUT2D eigenvalue weighted by Crippen LogP contribution is -2.13. The molecular formula is C16H21N3O3S. The van der Waals surface area contributed by atoms with E-state index in [2.05, 4.69) is 10.3 Å². The molecule has 0 fully saturated rings. The number of rotatable bonds is 7. The predicted molar refractivity (Wildman–Crippen MR) is 92.3 cm³/mol. The molecule has 124 valence electrons. The van der Waals surface area contributed by atoms with Crippen LogP contribution < -0.4 is 20.5 Å². The second-order valence-corrected chi connectivity index (χ2v) is 6.13. The predicted octanol–water partition coefficient (Wildman–Crippen LogP) is 2.81. The lowest BCUT2D eigenvalue weighted by atomic mass is 10.1. The van der Waals surface area contributed by atoms with E-state index in [9.17, 15) is 4.79 Å². The normalized spacial score (nSPS) is 10.4. The molecule has 3 N–H and O–H groups in total. The minimum absolute atomic E-state index is 0.0756. The number of nitrogens with one attached hydrogen (secondary N) is 1. The van der Waals surface area contributed by atoms with Gasteiger partial charge in [-0.05, 0) is 38.1 Å². The fourth-order valence-electron chi connectivity index (χ4n) is 2.14. The summed E-state index contributed by atoms with van der Waals surface area (Å²) in [4.78, 5) is 17.3. The van der Waals surface area contributed by atoms with E-state index in [0.717, 1.165) is 21.9 Å². The zero-order chi connectivity index (χ0) is 16.8. The van der Waals surface area contributed by atoms with Gasteiger partial charge in [-0.2, -0.15) is 0 Å². The zero-order valence-electron chi connectivity index (χ0n) is 13.5. The van der Waals surface area contributed by atoms with Gasteiger partial charge in [0.05, 0.1) is 19.9 Å². The SMILES string of the molecule is COc1ccc(OC)c(-c2nc(NC(=O)CCCN)sc2C)c1. The maximum absolute atomic E-state index is 11.8. The van der Waals surface area contributed by atoms with Gasteiger partial charge in [0.25, 0.3) is 0 Å². The molecule has 2 aromatic rings. The highest BCUT2D eigenvalue weighted by Gasteiger charge is 2.16. The van der Waals surface area contributed by atoms with Gasteiger partial charge in [0, 0.05) is 16.9 Å². The lowest BCUT2D eigenvalue weighted by Gasteiger charge is -2.09. The molecule has 0 atom stereocenters. The van der Waals surface area contributed by atoms with Crippen molar-refractivity contribution in [3.8, 4) is 22.8 Å². The van der Waals surface area contributed by atoms with Gasteiger partial charge < -0.3 is 20.5 Å². The molecule has 1 amide bonds. The van der Waals surface area contributed by atoms with Crippen LogP contribution in [0, 0.1) is 6.92 Å². The Morgan fingerprint density at radius 3 is 2.78 bits per heavy atom. The largest absolute Gasteiger partial charge is 0.497 e. The van der Waals surface area contributed by atoms with Crippen molar-refractivity contribution in [2.75, 3.05) is 26.1 Å². The second-order valence-electron chi connectivity index (χ2n) is 4.93. The maximum Gasteiger partial charge on any atom is 0.226 e. The van der Waals surface area contributed by atoms with Crippen molar-refractivity contribution in [1.29, 1.82) is 0 Å². The fourth-order valence-corrected chi connectivity index (χ4v) is 2.99. The fraction of sp³-hybridized carbons (Fsp3) is 0.375. The minimum Gasteiger partial charge on any atom is -0.497 e. The highest BCUT2D eigenvalue weighted by Crippen LogP contribution is 2.37. The molecule has 0 radical (unpaired) electrons. The molecule has 0 aliphatic rings.